The Bertz CT molecular complexity index is 7530. The Morgan fingerprint density at radius 3 is 1.11 bits per heavy atom. The lowest BCUT2D eigenvalue weighted by Crippen LogP contribution is -2.28. The van der Waals surface area contributed by atoms with Crippen molar-refractivity contribution in [3.8, 4) is 61.3 Å². The first kappa shape index (κ1) is 77.1. The van der Waals surface area contributed by atoms with Crippen LogP contribution in [0.25, 0.3) is 125 Å². The van der Waals surface area contributed by atoms with Gasteiger partial charge in [0.15, 0.2) is 0 Å². The van der Waals surface area contributed by atoms with Crippen molar-refractivity contribution in [2.45, 2.75) is 57.8 Å². The number of nitrogens with zero attached hydrogens (tertiary/aromatic N) is 1. The van der Waals surface area contributed by atoms with Crippen molar-refractivity contribution in [2.75, 3.05) is 0 Å². The molecule has 2 spiro atoms. The lowest BCUT2D eigenvalue weighted by molar-refractivity contribution is 0.669. The molecule has 0 atom stereocenters. The summed E-state index contributed by atoms with van der Waals surface area (Å²) in [4.78, 5) is 0. The number of aryl methyl sites for hydroxylation is 6. The first-order valence-electron chi connectivity index (χ1n) is 43.9. The minimum atomic E-state index is -0.263. The van der Waals surface area contributed by atoms with Crippen molar-refractivity contribution >= 4 is 75.3 Å². The number of rotatable bonds is 3. The fourth-order valence-electron chi connectivity index (χ4n) is 21.9. The molecule has 0 saturated carbocycles. The van der Waals surface area contributed by atoms with Gasteiger partial charge in [-0.05, 0) is 235 Å². The predicted octanol–water partition coefficient (Wildman–Crippen LogP) is 32.4. The van der Waals surface area contributed by atoms with Gasteiger partial charge < -0.3 is 8.98 Å². The van der Waals surface area contributed by atoms with Crippen molar-refractivity contribution in [3.63, 3.8) is 0 Å². The molecule has 3 heteroatoms. The maximum absolute atomic E-state index is 5.73. The molecule has 0 bridgehead atoms. The number of aromatic nitrogens is 1. The van der Waals surface area contributed by atoms with Crippen LogP contribution in [-0.4, -0.2) is 4.57 Å². The van der Waals surface area contributed by atoms with Gasteiger partial charge in [0, 0.05) is 47.4 Å². The van der Waals surface area contributed by atoms with E-state index in [0.717, 1.165) is 11.2 Å². The van der Waals surface area contributed by atoms with E-state index in [9.17, 15) is 0 Å². The van der Waals surface area contributed by atoms with Gasteiger partial charge in [0.25, 0.3) is 0 Å². The molecule has 0 unspecified atom stereocenters. The summed E-state index contributed by atoms with van der Waals surface area (Å²) in [7, 11) is 0. The van der Waals surface area contributed by atoms with Gasteiger partial charge in [0.2, 0.25) is 0 Å². The Kier molecular flexibility index (Phi) is 19.2. The SMILES string of the molecule is Cc1ccc2c(c1)C(c1ccccc1)(c1ccccc1)c1ccccc1-2.Cc1ccc2c(c1)C1(c3ccccc3-c3ccccc31)c1ccccc1-2.Cc1ccc2c(c1)c1ccccc1n2-c1ccccc1.Cc1cccc2c1-c1ccccc1C21c2ccccc2-c2ccccc21.Cc1cccc2oc3ccccc3c12.Cc1cccc2sc3ccccc3c12. The summed E-state index contributed by atoms with van der Waals surface area (Å²) in [6.45, 7) is 13.1. The molecule has 19 aromatic carbocycles. The Morgan fingerprint density at radius 1 is 0.214 bits per heavy atom. The number of furan rings is 1. The number of fused-ring (bicyclic) bond motifs is 32. The number of thiophene rings is 1. The van der Waals surface area contributed by atoms with Crippen molar-refractivity contribution in [2.24, 2.45) is 0 Å². The second kappa shape index (κ2) is 31.4. The molecule has 0 fully saturated rings. The van der Waals surface area contributed by atoms with E-state index in [1.54, 1.807) is 0 Å². The maximum atomic E-state index is 5.73. The first-order valence-corrected chi connectivity index (χ1v) is 44.8. The van der Waals surface area contributed by atoms with Gasteiger partial charge in [0.05, 0.1) is 27.3 Å². The highest BCUT2D eigenvalue weighted by Crippen LogP contribution is 2.65. The minimum Gasteiger partial charge on any atom is -0.456 e. The molecule has 5 aliphatic rings. The fourth-order valence-corrected chi connectivity index (χ4v) is 23.1. The first-order chi connectivity index (χ1) is 62.0. The lowest BCUT2D eigenvalue weighted by Gasteiger charge is -2.34. The summed E-state index contributed by atoms with van der Waals surface area (Å²) < 4.78 is 10.9. The van der Waals surface area contributed by atoms with E-state index < -0.39 is 0 Å². The second-order valence-electron chi connectivity index (χ2n) is 34.2. The fraction of sp³-hybridized carbons (Fsp3) is 0.0732. The van der Waals surface area contributed by atoms with Crippen LogP contribution in [0.3, 0.4) is 0 Å². The zero-order chi connectivity index (χ0) is 84.8. The van der Waals surface area contributed by atoms with Crippen LogP contribution in [0.4, 0.5) is 0 Å². The lowest BCUT2D eigenvalue weighted by atomic mass is 9.67. The minimum absolute atomic E-state index is 0.189. The molecule has 126 heavy (non-hydrogen) atoms. The monoisotopic (exact) mass is 1630 g/mol. The van der Waals surface area contributed by atoms with Crippen molar-refractivity contribution < 1.29 is 4.42 Å². The van der Waals surface area contributed by atoms with Crippen molar-refractivity contribution in [1.29, 1.82) is 0 Å². The Labute approximate surface area is 741 Å². The molecule has 3 heterocycles. The molecular weight excluding hydrogens is 1540 g/mol. The van der Waals surface area contributed by atoms with Crippen LogP contribution >= 0.6 is 11.3 Å². The van der Waals surface area contributed by atoms with E-state index >= 15 is 0 Å². The number of hydrogen-bond donors (Lipinski definition) is 0. The van der Waals surface area contributed by atoms with Gasteiger partial charge >= 0.3 is 0 Å². The highest BCUT2D eigenvalue weighted by molar-refractivity contribution is 7.25. The second-order valence-corrected chi connectivity index (χ2v) is 35.3. The van der Waals surface area contributed by atoms with Crippen LogP contribution in [0.15, 0.2) is 447 Å². The van der Waals surface area contributed by atoms with Crippen LogP contribution < -0.4 is 0 Å². The quantitative estimate of drug-likeness (QED) is 0.172. The molecule has 27 rings (SSSR count). The Morgan fingerprint density at radius 2 is 0.563 bits per heavy atom. The van der Waals surface area contributed by atoms with E-state index in [4.69, 9.17) is 4.42 Å². The van der Waals surface area contributed by atoms with E-state index in [1.165, 1.54) is 214 Å². The van der Waals surface area contributed by atoms with Gasteiger partial charge in [0.1, 0.15) is 11.2 Å². The van der Waals surface area contributed by atoms with E-state index in [-0.39, 0.29) is 16.2 Å². The molecular formula is C123H91NOS. The van der Waals surface area contributed by atoms with Gasteiger partial charge in [-0.3, -0.25) is 0 Å². The smallest absolute Gasteiger partial charge is 0.135 e. The normalized spacial score (nSPS) is 13.2. The van der Waals surface area contributed by atoms with Crippen LogP contribution in [0.1, 0.15) is 100 Å². The summed E-state index contributed by atoms with van der Waals surface area (Å²) in [6, 6.07) is 160. The van der Waals surface area contributed by atoms with Crippen LogP contribution in [0.2, 0.25) is 0 Å². The van der Waals surface area contributed by atoms with Crippen LogP contribution in [0.5, 0.6) is 0 Å². The third kappa shape index (κ3) is 12.1. The van der Waals surface area contributed by atoms with Crippen molar-refractivity contribution in [1.82, 2.24) is 4.57 Å². The van der Waals surface area contributed by atoms with Gasteiger partial charge in [-0.2, -0.15) is 0 Å². The molecule has 5 aliphatic carbocycles. The standard InChI is InChI=1S/2C26H18.C26H20.C19H15N.C13H10O.C13H10S/c1-17-9-8-16-24-25(17)20-12-4-7-15-23(20)26(24)21-13-5-2-10-18(21)19-11-3-6-14-22(19)26;1-17-14-15-21-20-10-4-7-13-24(20)26(25(21)16-17)22-11-5-2-8-18(22)19-9-3-6-12-23(19)26;1-19-16-17-23-22-14-8-9-15-24(22)26(25(23)18-19,20-10-4-2-5-11-20)21-12-6-3-7-13-21;1-14-11-12-19-17(13-14)16-9-5-6-10-18(16)20(19)15-7-3-2-4-8-15;2*1-9-5-4-8-12-13(9)10-6-2-3-7-11(10)14-12/h2*2-16H,1H3;2-18H,1H3;2-13H,1H3;2*2-8H,1H3. The highest BCUT2D eigenvalue weighted by Gasteiger charge is 2.54. The maximum Gasteiger partial charge on any atom is 0.135 e. The van der Waals surface area contributed by atoms with Gasteiger partial charge in [-0.1, -0.05) is 405 Å². The molecule has 600 valence electrons. The Balaban J connectivity index is 0.0000000909. The summed E-state index contributed by atoms with van der Waals surface area (Å²) in [6.07, 6.45) is 0. The number of para-hydroxylation sites is 3. The average molecular weight is 1630 g/mol. The van der Waals surface area contributed by atoms with E-state index in [2.05, 4.69) is 459 Å². The molecule has 0 amide bonds. The van der Waals surface area contributed by atoms with Gasteiger partial charge in [-0.25, -0.2) is 0 Å². The molecule has 0 aliphatic heterocycles. The summed E-state index contributed by atoms with van der Waals surface area (Å²) >= 11 is 1.88. The average Bonchev–Trinajstić information content (AvgIpc) is 1.23. The summed E-state index contributed by atoms with van der Waals surface area (Å²) in [5.41, 5.74) is 43.4. The highest BCUT2D eigenvalue weighted by atomic mass is 32.1. The zero-order valence-electron chi connectivity index (χ0n) is 71.4. The molecule has 0 N–H and O–H groups in total. The predicted molar refractivity (Wildman–Crippen MR) is 531 cm³/mol. The zero-order valence-corrected chi connectivity index (χ0v) is 72.2. The van der Waals surface area contributed by atoms with E-state index in [0.29, 0.717) is 0 Å². The number of hydrogen-bond acceptors (Lipinski definition) is 2. The summed E-state index contributed by atoms with van der Waals surface area (Å²) in [5, 5.41) is 7.90. The Hall–Kier alpha value is -15.0. The van der Waals surface area contributed by atoms with Crippen molar-refractivity contribution in [3.05, 3.63) is 543 Å². The molecule has 3 aromatic heterocycles. The molecule has 22 aromatic rings. The van der Waals surface area contributed by atoms with Crippen LogP contribution in [0, 0.1) is 41.5 Å². The number of benzene rings is 19. The third-order valence-electron chi connectivity index (χ3n) is 27.1. The topological polar surface area (TPSA) is 18.1 Å². The van der Waals surface area contributed by atoms with E-state index in [1.807, 2.05) is 41.7 Å². The molecule has 2 nitrogen and oxygen atoms in total. The molecule has 0 saturated heterocycles. The van der Waals surface area contributed by atoms with Gasteiger partial charge in [-0.15, -0.1) is 11.3 Å². The molecule has 0 radical (unpaired) electrons. The largest absolute Gasteiger partial charge is 0.456 e. The summed E-state index contributed by atoms with van der Waals surface area (Å²) in [5.74, 6) is 0. The third-order valence-corrected chi connectivity index (χ3v) is 28.2. The van der Waals surface area contributed by atoms with Crippen LogP contribution in [-0.2, 0) is 16.2 Å².